The Morgan fingerprint density at radius 1 is 0.465 bits per heavy atom. The van der Waals surface area contributed by atoms with Gasteiger partial charge in [-0.2, -0.15) is 0 Å². The number of aliphatic imine (C=N–C) groups is 1. The van der Waals surface area contributed by atoms with Crippen LogP contribution in [0, 0.1) is 11.8 Å². The predicted molar refractivity (Wildman–Crippen MR) is 252 cm³/mol. The summed E-state index contributed by atoms with van der Waals surface area (Å²) in [7, 11) is 0. The molecule has 0 aromatic carbocycles. The van der Waals surface area contributed by atoms with Crippen LogP contribution in [0.2, 0.25) is 0 Å². The molecule has 0 saturated carbocycles. The molecule has 29 heteroatoms. The highest BCUT2D eigenvalue weighted by molar-refractivity contribution is 5.98. The maximum Gasteiger partial charge on any atom is 0.326 e. The van der Waals surface area contributed by atoms with Gasteiger partial charge in [0.25, 0.3) is 0 Å². The second-order valence-corrected chi connectivity index (χ2v) is 17.5. The Bertz CT molecular complexity index is 1850. The first-order chi connectivity index (χ1) is 33.2. The van der Waals surface area contributed by atoms with Crippen LogP contribution in [0.5, 0.6) is 0 Å². The van der Waals surface area contributed by atoms with E-state index in [0.29, 0.717) is 12.8 Å². The number of aliphatic hydroxyl groups excluding tert-OH is 2. The first-order valence-electron chi connectivity index (χ1n) is 23.0. The Balaban J connectivity index is 6.38. The Morgan fingerprint density at radius 2 is 0.817 bits per heavy atom. The number of nitrogens with two attached hydrogens (primary N) is 4. The third-order valence-electron chi connectivity index (χ3n) is 10.2. The highest BCUT2D eigenvalue weighted by atomic mass is 16.4. The fourth-order valence-corrected chi connectivity index (χ4v) is 6.45. The van der Waals surface area contributed by atoms with Crippen molar-refractivity contribution in [3.05, 3.63) is 0 Å². The molecule has 8 amide bonds. The van der Waals surface area contributed by atoms with Gasteiger partial charge in [-0.3, -0.25) is 52.9 Å². The van der Waals surface area contributed by atoms with Crippen molar-refractivity contribution in [1.29, 1.82) is 0 Å². The first kappa shape index (κ1) is 64.3. The molecule has 0 rings (SSSR count). The summed E-state index contributed by atoms with van der Waals surface area (Å²) in [4.78, 5) is 145. The van der Waals surface area contributed by atoms with Crippen LogP contribution >= 0.6 is 0 Å². The molecule has 0 heterocycles. The third kappa shape index (κ3) is 26.7. The second kappa shape index (κ2) is 33.7. The number of hydrogen-bond acceptors (Lipinski definition) is 16. The molecule has 0 aromatic heterocycles. The van der Waals surface area contributed by atoms with Crippen molar-refractivity contribution in [3.8, 4) is 0 Å². The van der Waals surface area contributed by atoms with E-state index < -0.39 is 152 Å². The van der Waals surface area contributed by atoms with Crippen LogP contribution in [0.15, 0.2) is 4.99 Å². The molecule has 0 aromatic rings. The second-order valence-electron chi connectivity index (χ2n) is 17.5. The number of unbranched alkanes of at least 4 members (excludes halogenated alkanes) is 1. The quantitative estimate of drug-likeness (QED) is 0.0158. The molecule has 0 radical (unpaired) electrons. The number of aliphatic carboxylic acids is 3. The normalized spacial score (nSPS) is 14.9. The number of carboxylic acids is 3. The first-order valence-corrected chi connectivity index (χ1v) is 23.0. The lowest BCUT2D eigenvalue weighted by Gasteiger charge is -2.28. The summed E-state index contributed by atoms with van der Waals surface area (Å²) in [5, 5.41) is 66.9. The molecule has 0 spiro atoms. The lowest BCUT2D eigenvalue weighted by molar-refractivity contribution is -0.147. The number of hydrogen-bond donors (Lipinski definition) is 17. The summed E-state index contributed by atoms with van der Waals surface area (Å²) in [5.74, 6) is -13.5. The number of guanidine groups is 1. The van der Waals surface area contributed by atoms with E-state index in [1.165, 1.54) is 6.92 Å². The number of carbonyl (C=O) groups is 11. The highest BCUT2D eigenvalue weighted by Crippen LogP contribution is 2.11. The molecule has 0 aliphatic carbocycles. The molecule has 0 aliphatic heterocycles. The van der Waals surface area contributed by atoms with E-state index in [-0.39, 0.29) is 63.0 Å². The van der Waals surface area contributed by atoms with Crippen LogP contribution in [0.4, 0.5) is 0 Å². The van der Waals surface area contributed by atoms with E-state index in [4.69, 9.17) is 28.0 Å². The van der Waals surface area contributed by atoms with Crippen LogP contribution in [0.3, 0.4) is 0 Å². The Labute approximate surface area is 410 Å². The van der Waals surface area contributed by atoms with Crippen LogP contribution < -0.4 is 65.5 Å². The zero-order valence-electron chi connectivity index (χ0n) is 40.7. The largest absolute Gasteiger partial charge is 0.481 e. The Morgan fingerprint density at radius 3 is 1.17 bits per heavy atom. The molecule has 0 saturated heterocycles. The molecule has 21 N–H and O–H groups in total. The van der Waals surface area contributed by atoms with Crippen molar-refractivity contribution in [2.24, 2.45) is 39.8 Å². The van der Waals surface area contributed by atoms with Gasteiger partial charge >= 0.3 is 17.9 Å². The van der Waals surface area contributed by atoms with E-state index in [9.17, 15) is 73.2 Å². The molecule has 0 fully saturated rings. The summed E-state index contributed by atoms with van der Waals surface area (Å²) < 4.78 is 0. The SMILES string of the molecule is CC(C)C[C@H](NC(=O)[C@H](CO)NC(=O)[C@H](CO)NC(=O)[C@H](CC(C)C)NC(=O)[C@H](CCC(=O)O)NC(=O)[C@H](CCCCN)NC(=O)[C@H](C)N)C(=O)N[C@@H](CCCN=C(N)N)C(=O)N[C@@H](CC(=O)O)C(=O)O. The van der Waals surface area contributed by atoms with E-state index in [1.807, 2.05) is 0 Å². The topological polar surface area (TPSA) is 502 Å². The monoisotopic (exact) mass is 1020 g/mol. The highest BCUT2D eigenvalue weighted by Gasteiger charge is 2.35. The number of nitrogens with one attached hydrogen (secondary N) is 8. The van der Waals surface area contributed by atoms with Gasteiger partial charge in [0.1, 0.15) is 48.3 Å². The zero-order chi connectivity index (χ0) is 54.5. The number of aliphatic hydroxyl groups is 2. The van der Waals surface area contributed by atoms with E-state index in [2.05, 4.69) is 47.5 Å². The molecular formula is C42H75N13O16. The summed E-state index contributed by atoms with van der Waals surface area (Å²) in [5.41, 5.74) is 21.9. The van der Waals surface area contributed by atoms with Crippen molar-refractivity contribution in [2.45, 2.75) is 153 Å². The van der Waals surface area contributed by atoms with Crippen LogP contribution in [0.1, 0.15) is 98.8 Å². The van der Waals surface area contributed by atoms with Gasteiger partial charge in [0.2, 0.25) is 47.3 Å². The van der Waals surface area contributed by atoms with Gasteiger partial charge in [-0.15, -0.1) is 0 Å². The van der Waals surface area contributed by atoms with Gasteiger partial charge in [-0.25, -0.2) is 4.79 Å². The van der Waals surface area contributed by atoms with E-state index in [0.717, 1.165) is 0 Å². The smallest absolute Gasteiger partial charge is 0.326 e. The molecule has 71 heavy (non-hydrogen) atoms. The van der Waals surface area contributed by atoms with Crippen molar-refractivity contribution >= 4 is 71.1 Å². The van der Waals surface area contributed by atoms with E-state index >= 15 is 0 Å². The van der Waals surface area contributed by atoms with Crippen molar-refractivity contribution < 1.29 is 78.3 Å². The molecule has 404 valence electrons. The summed E-state index contributed by atoms with van der Waals surface area (Å²) in [6, 6.07) is -13.7. The number of amides is 8. The van der Waals surface area contributed by atoms with Crippen LogP contribution in [-0.2, 0) is 52.7 Å². The van der Waals surface area contributed by atoms with Gasteiger partial charge < -0.3 is 91.0 Å². The Kier molecular flexibility index (Phi) is 30.6. The molecule has 0 aliphatic rings. The fourth-order valence-electron chi connectivity index (χ4n) is 6.45. The van der Waals surface area contributed by atoms with Crippen LogP contribution in [-0.4, -0.2) is 177 Å². The summed E-state index contributed by atoms with van der Waals surface area (Å²) in [6.45, 7) is 6.16. The van der Waals surface area contributed by atoms with Gasteiger partial charge in [-0.05, 0) is 76.7 Å². The molecule has 0 bridgehead atoms. The van der Waals surface area contributed by atoms with Gasteiger partial charge in [0, 0.05) is 13.0 Å². The lowest BCUT2D eigenvalue weighted by atomic mass is 10.0. The average molecular weight is 1020 g/mol. The summed E-state index contributed by atoms with van der Waals surface area (Å²) in [6.07, 6.45) is -1.43. The number of carboxylic acid groups (broad SMARTS) is 3. The van der Waals surface area contributed by atoms with E-state index in [1.54, 1.807) is 27.7 Å². The lowest BCUT2D eigenvalue weighted by Crippen LogP contribution is -2.61. The standard InChI is InChI=1S/C42H75N13O16/c1-20(2)15-26(37(66)49-24(10-8-14-47-42(45)46)35(64)53-28(41(70)71)17-32(60)61)52-39(68)29(18-56)55-40(69)30(19-57)54-38(67)27(16-21(3)4)51-36(65)25(11-12-31(58)59)50-34(63)23(9-6-7-13-43)48-33(62)22(5)44/h20-30,56-57H,6-19,43-44H2,1-5H3,(H,48,62)(H,49,66)(H,50,63)(H,51,65)(H,52,68)(H,53,64)(H,54,67)(H,55,69)(H,58,59)(H,60,61)(H,70,71)(H4,45,46,47)/t22-,23-,24-,25-,26-,27-,28-,29-,30-/m0/s1. The minimum Gasteiger partial charge on any atom is -0.481 e. The van der Waals surface area contributed by atoms with Gasteiger partial charge in [-0.1, -0.05) is 27.7 Å². The third-order valence-corrected chi connectivity index (χ3v) is 10.2. The summed E-state index contributed by atoms with van der Waals surface area (Å²) >= 11 is 0. The number of nitrogens with zero attached hydrogens (tertiary/aromatic N) is 1. The number of rotatable bonds is 36. The zero-order valence-corrected chi connectivity index (χ0v) is 40.7. The van der Waals surface area contributed by atoms with Gasteiger partial charge in [0.05, 0.1) is 25.7 Å². The fraction of sp³-hybridized carbons (Fsp3) is 0.714. The van der Waals surface area contributed by atoms with Crippen molar-refractivity contribution in [1.82, 2.24) is 42.5 Å². The molecular weight excluding hydrogens is 943 g/mol. The maximum absolute atomic E-state index is 13.7. The van der Waals surface area contributed by atoms with Crippen LogP contribution in [0.25, 0.3) is 0 Å². The maximum atomic E-state index is 13.7. The minimum atomic E-state index is -1.88. The minimum absolute atomic E-state index is 0.0316. The number of carbonyl (C=O) groups excluding carboxylic acids is 8. The van der Waals surface area contributed by atoms with Crippen molar-refractivity contribution in [3.63, 3.8) is 0 Å². The molecule has 29 nitrogen and oxygen atoms in total. The Hall–Kier alpha value is -6.72. The van der Waals surface area contributed by atoms with Gasteiger partial charge in [0.15, 0.2) is 5.96 Å². The predicted octanol–water partition coefficient (Wildman–Crippen LogP) is -6.10. The molecule has 0 unspecified atom stereocenters. The molecule has 9 atom stereocenters. The average Bonchev–Trinajstić information content (AvgIpc) is 3.27. The van der Waals surface area contributed by atoms with Crippen molar-refractivity contribution in [2.75, 3.05) is 26.3 Å².